The van der Waals surface area contributed by atoms with Crippen LogP contribution in [-0.4, -0.2) is 37.2 Å². The minimum atomic E-state index is -0.159. The average Bonchev–Trinajstić information content (AvgIpc) is 3.04. The Kier molecular flexibility index (Phi) is 5.28. The first-order valence-corrected chi connectivity index (χ1v) is 8.01. The van der Waals surface area contributed by atoms with Gasteiger partial charge in [-0.2, -0.15) is 0 Å². The number of hydrogen-bond donors (Lipinski definition) is 1. The van der Waals surface area contributed by atoms with Crippen molar-refractivity contribution in [1.29, 1.82) is 0 Å². The second kappa shape index (κ2) is 7.79. The fourth-order valence-electron chi connectivity index (χ4n) is 2.48. The highest BCUT2D eigenvalue weighted by Gasteiger charge is 2.12. The molecule has 0 bridgehead atoms. The molecule has 3 heterocycles. The maximum Gasteiger partial charge on any atom is 0.244 e. The second-order valence-corrected chi connectivity index (χ2v) is 5.62. The van der Waals surface area contributed by atoms with Gasteiger partial charge in [-0.25, -0.2) is 4.98 Å². The van der Waals surface area contributed by atoms with Crippen LogP contribution in [0.25, 0.3) is 6.08 Å². The van der Waals surface area contributed by atoms with Crippen molar-refractivity contribution < 1.29 is 13.9 Å². The predicted octanol–water partition coefficient (Wildman–Crippen LogP) is 2.15. The maximum absolute atomic E-state index is 11.9. The number of aromatic nitrogens is 1. The molecule has 6 nitrogen and oxygen atoms in total. The van der Waals surface area contributed by atoms with Crippen LogP contribution in [0.4, 0.5) is 5.82 Å². The summed E-state index contributed by atoms with van der Waals surface area (Å²) in [5.74, 6) is 2.25. The Morgan fingerprint density at radius 1 is 1.33 bits per heavy atom. The number of carbonyl (C=O) groups is 1. The minimum Gasteiger partial charge on any atom is -0.462 e. The lowest BCUT2D eigenvalue weighted by Crippen LogP contribution is -2.36. The van der Waals surface area contributed by atoms with Crippen LogP contribution in [0.3, 0.4) is 0 Å². The molecule has 0 saturated carbocycles. The number of furan rings is 1. The number of nitrogens with one attached hydrogen (secondary N) is 1. The van der Waals surface area contributed by atoms with Crippen LogP contribution in [0.15, 0.2) is 41.0 Å². The fourth-order valence-corrected chi connectivity index (χ4v) is 2.48. The second-order valence-electron chi connectivity index (χ2n) is 5.62. The standard InChI is InChI=1S/C18H21N3O3/c1-14-2-3-16(24-14)4-5-18(22)20-13-15-6-7-19-17(12-15)21-8-10-23-11-9-21/h2-7,12H,8-11,13H2,1H3,(H,20,22). The quantitative estimate of drug-likeness (QED) is 0.852. The normalized spacial score (nSPS) is 15.0. The van der Waals surface area contributed by atoms with Crippen LogP contribution < -0.4 is 10.2 Å². The third-order valence-electron chi connectivity index (χ3n) is 3.77. The zero-order chi connectivity index (χ0) is 16.8. The van der Waals surface area contributed by atoms with Crippen LogP contribution in [0.5, 0.6) is 0 Å². The Morgan fingerprint density at radius 2 is 2.17 bits per heavy atom. The highest BCUT2D eigenvalue weighted by atomic mass is 16.5. The zero-order valence-electron chi connectivity index (χ0n) is 13.7. The van der Waals surface area contributed by atoms with E-state index in [1.54, 1.807) is 12.3 Å². The zero-order valence-corrected chi connectivity index (χ0v) is 13.7. The van der Waals surface area contributed by atoms with Gasteiger partial charge in [-0.3, -0.25) is 4.79 Å². The highest BCUT2D eigenvalue weighted by molar-refractivity contribution is 5.91. The molecule has 0 atom stereocenters. The van der Waals surface area contributed by atoms with Crippen molar-refractivity contribution in [2.75, 3.05) is 31.2 Å². The Balaban J connectivity index is 1.54. The lowest BCUT2D eigenvalue weighted by atomic mass is 10.2. The van der Waals surface area contributed by atoms with Crippen LogP contribution in [0.1, 0.15) is 17.1 Å². The summed E-state index contributed by atoms with van der Waals surface area (Å²) in [6.45, 7) is 5.45. The van der Waals surface area contributed by atoms with Gasteiger partial charge in [-0.1, -0.05) is 0 Å². The number of amides is 1. The smallest absolute Gasteiger partial charge is 0.244 e. The van der Waals surface area contributed by atoms with Gasteiger partial charge in [0.1, 0.15) is 17.3 Å². The van der Waals surface area contributed by atoms with Crippen molar-refractivity contribution in [3.8, 4) is 0 Å². The highest BCUT2D eigenvalue weighted by Crippen LogP contribution is 2.14. The Morgan fingerprint density at radius 3 is 2.92 bits per heavy atom. The summed E-state index contributed by atoms with van der Waals surface area (Å²) in [6.07, 6.45) is 4.91. The third kappa shape index (κ3) is 4.45. The lowest BCUT2D eigenvalue weighted by Gasteiger charge is -2.28. The molecule has 24 heavy (non-hydrogen) atoms. The van der Waals surface area contributed by atoms with Gasteiger partial charge in [-0.15, -0.1) is 0 Å². The number of carbonyl (C=O) groups excluding carboxylic acids is 1. The van der Waals surface area contributed by atoms with Crippen molar-refractivity contribution >= 4 is 17.8 Å². The summed E-state index contributed by atoms with van der Waals surface area (Å²) in [5, 5.41) is 2.87. The van der Waals surface area contributed by atoms with Crippen LogP contribution >= 0.6 is 0 Å². The van der Waals surface area contributed by atoms with E-state index in [2.05, 4.69) is 15.2 Å². The van der Waals surface area contributed by atoms with E-state index < -0.39 is 0 Å². The molecule has 1 aliphatic heterocycles. The lowest BCUT2D eigenvalue weighted by molar-refractivity contribution is -0.116. The van der Waals surface area contributed by atoms with Gasteiger partial charge in [0, 0.05) is 31.9 Å². The number of nitrogens with zero attached hydrogens (tertiary/aromatic N) is 2. The SMILES string of the molecule is Cc1ccc(C=CC(=O)NCc2ccnc(N3CCOCC3)c2)o1. The van der Waals surface area contributed by atoms with Crippen LogP contribution in [0, 0.1) is 6.92 Å². The van der Waals surface area contributed by atoms with E-state index in [1.165, 1.54) is 6.08 Å². The van der Waals surface area contributed by atoms with E-state index in [0.29, 0.717) is 12.3 Å². The molecule has 1 saturated heterocycles. The summed E-state index contributed by atoms with van der Waals surface area (Å²) < 4.78 is 10.7. The molecular formula is C18H21N3O3. The number of aryl methyl sites for hydroxylation is 1. The van der Waals surface area contributed by atoms with Crippen LogP contribution in [0.2, 0.25) is 0 Å². The largest absolute Gasteiger partial charge is 0.462 e. The summed E-state index contributed by atoms with van der Waals surface area (Å²) in [6, 6.07) is 7.60. The Bertz CT molecular complexity index is 718. The first-order chi connectivity index (χ1) is 11.7. The van der Waals surface area contributed by atoms with Gasteiger partial charge in [0.15, 0.2) is 0 Å². The molecule has 1 fully saturated rings. The fraction of sp³-hybridized carbons (Fsp3) is 0.333. The molecule has 3 rings (SSSR count). The summed E-state index contributed by atoms with van der Waals surface area (Å²) in [4.78, 5) is 18.5. The molecule has 6 heteroatoms. The van der Waals surface area contributed by atoms with E-state index in [4.69, 9.17) is 9.15 Å². The summed E-state index contributed by atoms with van der Waals surface area (Å²) in [5.41, 5.74) is 1.02. The predicted molar refractivity (Wildman–Crippen MR) is 91.6 cm³/mol. The molecular weight excluding hydrogens is 306 g/mol. The van der Waals surface area contributed by atoms with Gasteiger partial charge < -0.3 is 19.4 Å². The first kappa shape index (κ1) is 16.3. The number of morpholine rings is 1. The van der Waals surface area contributed by atoms with Crippen molar-refractivity contribution in [2.24, 2.45) is 0 Å². The van der Waals surface area contributed by atoms with Gasteiger partial charge >= 0.3 is 0 Å². The molecule has 0 unspecified atom stereocenters. The molecule has 2 aromatic heterocycles. The first-order valence-electron chi connectivity index (χ1n) is 8.01. The molecule has 1 aliphatic rings. The van der Waals surface area contributed by atoms with Crippen molar-refractivity contribution in [1.82, 2.24) is 10.3 Å². The summed E-state index contributed by atoms with van der Waals surface area (Å²) >= 11 is 0. The van der Waals surface area contributed by atoms with E-state index >= 15 is 0 Å². The molecule has 2 aromatic rings. The van der Waals surface area contributed by atoms with Gasteiger partial charge in [0.25, 0.3) is 0 Å². The van der Waals surface area contributed by atoms with Gasteiger partial charge in [0.05, 0.1) is 13.2 Å². The van der Waals surface area contributed by atoms with Gasteiger partial charge in [0.2, 0.25) is 5.91 Å². The number of hydrogen-bond acceptors (Lipinski definition) is 5. The van der Waals surface area contributed by atoms with Gasteiger partial charge in [-0.05, 0) is 42.8 Å². The van der Waals surface area contributed by atoms with E-state index in [9.17, 15) is 4.79 Å². The number of anilines is 1. The summed E-state index contributed by atoms with van der Waals surface area (Å²) in [7, 11) is 0. The Hall–Kier alpha value is -2.60. The monoisotopic (exact) mass is 327 g/mol. The molecule has 0 aliphatic carbocycles. The number of ether oxygens (including phenoxy) is 1. The topological polar surface area (TPSA) is 67.6 Å². The molecule has 126 valence electrons. The third-order valence-corrected chi connectivity index (χ3v) is 3.77. The maximum atomic E-state index is 11.9. The number of rotatable bonds is 5. The Labute approximate surface area is 141 Å². The molecule has 0 aromatic carbocycles. The van der Waals surface area contributed by atoms with Crippen LogP contribution in [-0.2, 0) is 16.1 Å². The van der Waals surface area contributed by atoms with Crippen molar-refractivity contribution in [2.45, 2.75) is 13.5 Å². The average molecular weight is 327 g/mol. The van der Waals surface area contributed by atoms with Crippen molar-refractivity contribution in [3.63, 3.8) is 0 Å². The van der Waals surface area contributed by atoms with Crippen molar-refractivity contribution in [3.05, 3.63) is 53.6 Å². The minimum absolute atomic E-state index is 0.159. The number of pyridine rings is 1. The molecule has 1 amide bonds. The van der Waals surface area contributed by atoms with E-state index in [-0.39, 0.29) is 5.91 Å². The van der Waals surface area contributed by atoms with E-state index in [0.717, 1.165) is 43.4 Å². The molecule has 0 radical (unpaired) electrons. The molecule has 1 N–H and O–H groups in total. The van der Waals surface area contributed by atoms with E-state index in [1.807, 2.05) is 31.2 Å². The molecule has 0 spiro atoms.